The summed E-state index contributed by atoms with van der Waals surface area (Å²) >= 11 is 1.17. The van der Waals surface area contributed by atoms with Gasteiger partial charge >= 0.3 is 0 Å². The molecule has 0 heterocycles. The van der Waals surface area contributed by atoms with Crippen molar-refractivity contribution < 1.29 is 14.8 Å². The molecule has 0 spiro atoms. The Kier molecular flexibility index (Phi) is 5.11. The number of carbonyl (C=O) groups is 1. The van der Waals surface area contributed by atoms with E-state index in [1.807, 2.05) is 0 Å². The minimum Gasteiger partial charge on any atom is -0.395 e. The number of hydrogen-bond acceptors (Lipinski definition) is 5. The van der Waals surface area contributed by atoms with Gasteiger partial charge in [0.05, 0.1) is 16.4 Å². The number of hydrogen-bond donors (Lipinski definition) is 2. The molecule has 0 saturated carbocycles. The van der Waals surface area contributed by atoms with Crippen LogP contribution in [-0.4, -0.2) is 34.8 Å². The van der Waals surface area contributed by atoms with Crippen LogP contribution in [0.15, 0.2) is 23.1 Å². The van der Waals surface area contributed by atoms with E-state index in [0.29, 0.717) is 10.5 Å². The van der Waals surface area contributed by atoms with Crippen molar-refractivity contribution in [2.45, 2.75) is 17.1 Å². The zero-order valence-corrected chi connectivity index (χ0v) is 10.9. The molecule has 1 amide bonds. The van der Waals surface area contributed by atoms with Crippen LogP contribution >= 0.6 is 11.8 Å². The number of nitrogens with one attached hydrogen (secondary N) is 1. The molecule has 18 heavy (non-hydrogen) atoms. The van der Waals surface area contributed by atoms with E-state index in [0.717, 1.165) is 0 Å². The highest BCUT2D eigenvalue weighted by Crippen LogP contribution is 2.32. The summed E-state index contributed by atoms with van der Waals surface area (Å²) in [7, 11) is 1.49. The van der Waals surface area contributed by atoms with Gasteiger partial charge in [-0.3, -0.25) is 14.9 Å². The van der Waals surface area contributed by atoms with Crippen LogP contribution in [0.2, 0.25) is 0 Å². The molecule has 0 saturated heterocycles. The third kappa shape index (κ3) is 3.44. The highest BCUT2D eigenvalue weighted by molar-refractivity contribution is 8.00. The average molecular weight is 270 g/mol. The van der Waals surface area contributed by atoms with E-state index < -0.39 is 4.92 Å². The quantitative estimate of drug-likeness (QED) is 0.479. The fourth-order valence-corrected chi connectivity index (χ4v) is 2.27. The van der Waals surface area contributed by atoms with E-state index in [1.165, 1.54) is 37.0 Å². The number of thioether (sulfide) groups is 1. The second kappa shape index (κ2) is 6.36. The Labute approximate surface area is 109 Å². The summed E-state index contributed by atoms with van der Waals surface area (Å²) in [5.41, 5.74) is 0.295. The minimum atomic E-state index is -0.500. The first-order chi connectivity index (χ1) is 8.49. The first kappa shape index (κ1) is 14.5. The molecular formula is C11H14N2O4S. The summed E-state index contributed by atoms with van der Waals surface area (Å²) in [6, 6.07) is 4.18. The number of carbonyl (C=O) groups excluding carboxylic acids is 1. The Morgan fingerprint density at radius 1 is 1.61 bits per heavy atom. The van der Waals surface area contributed by atoms with Crippen molar-refractivity contribution in [1.29, 1.82) is 0 Å². The maximum Gasteiger partial charge on any atom is 0.282 e. The lowest BCUT2D eigenvalue weighted by Gasteiger charge is -2.09. The average Bonchev–Trinajstić information content (AvgIpc) is 2.37. The van der Waals surface area contributed by atoms with Gasteiger partial charge in [0.2, 0.25) is 0 Å². The Hall–Kier alpha value is -1.60. The second-order valence-corrected chi connectivity index (χ2v) is 5.11. The van der Waals surface area contributed by atoms with Gasteiger partial charge in [-0.05, 0) is 12.1 Å². The zero-order valence-electron chi connectivity index (χ0n) is 10.0. The minimum absolute atomic E-state index is 0.0621. The van der Waals surface area contributed by atoms with Gasteiger partial charge in [0.25, 0.3) is 11.6 Å². The van der Waals surface area contributed by atoms with Crippen molar-refractivity contribution in [1.82, 2.24) is 5.32 Å². The molecule has 1 aromatic rings. The molecule has 0 aromatic heterocycles. The van der Waals surface area contributed by atoms with E-state index in [2.05, 4.69) is 5.32 Å². The highest BCUT2D eigenvalue weighted by Gasteiger charge is 2.18. The molecule has 0 aliphatic heterocycles. The van der Waals surface area contributed by atoms with E-state index >= 15 is 0 Å². The van der Waals surface area contributed by atoms with E-state index in [9.17, 15) is 14.9 Å². The van der Waals surface area contributed by atoms with Gasteiger partial charge in [-0.1, -0.05) is 6.92 Å². The second-order valence-electron chi connectivity index (χ2n) is 3.63. The first-order valence-corrected chi connectivity index (χ1v) is 6.15. The van der Waals surface area contributed by atoms with Crippen LogP contribution in [0, 0.1) is 10.1 Å². The molecule has 1 rings (SSSR count). The lowest BCUT2D eigenvalue weighted by molar-refractivity contribution is -0.387. The van der Waals surface area contributed by atoms with Crippen molar-refractivity contribution in [3.05, 3.63) is 33.9 Å². The number of aliphatic hydroxyl groups excluding tert-OH is 1. The van der Waals surface area contributed by atoms with Crippen molar-refractivity contribution in [3.63, 3.8) is 0 Å². The van der Waals surface area contributed by atoms with Crippen molar-refractivity contribution >= 4 is 23.4 Å². The fraction of sp³-hybridized carbons (Fsp3) is 0.364. The van der Waals surface area contributed by atoms with E-state index in [4.69, 9.17) is 5.11 Å². The summed E-state index contributed by atoms with van der Waals surface area (Å²) in [4.78, 5) is 22.2. The molecule has 1 aromatic carbocycles. The van der Waals surface area contributed by atoms with Gasteiger partial charge in [0.1, 0.15) is 0 Å². The van der Waals surface area contributed by atoms with Gasteiger partial charge in [-0.2, -0.15) is 0 Å². The lowest BCUT2D eigenvalue weighted by Crippen LogP contribution is -2.17. The van der Waals surface area contributed by atoms with Gasteiger partial charge in [0, 0.05) is 23.9 Å². The van der Waals surface area contributed by atoms with Crippen molar-refractivity contribution in [2.75, 3.05) is 13.7 Å². The Morgan fingerprint density at radius 2 is 2.28 bits per heavy atom. The van der Waals surface area contributed by atoms with Crippen LogP contribution in [0.25, 0.3) is 0 Å². The molecule has 0 aliphatic carbocycles. The van der Waals surface area contributed by atoms with Crippen molar-refractivity contribution in [3.8, 4) is 0 Å². The first-order valence-electron chi connectivity index (χ1n) is 5.27. The summed E-state index contributed by atoms with van der Waals surface area (Å²) in [5, 5.41) is 22.1. The summed E-state index contributed by atoms with van der Waals surface area (Å²) in [5.74, 6) is -0.302. The molecule has 6 nitrogen and oxygen atoms in total. The predicted molar refractivity (Wildman–Crippen MR) is 68.9 cm³/mol. The molecule has 1 atom stereocenters. The topological polar surface area (TPSA) is 92.5 Å². The number of aliphatic hydroxyl groups is 1. The maximum absolute atomic E-state index is 11.5. The maximum atomic E-state index is 11.5. The van der Waals surface area contributed by atoms with Crippen LogP contribution in [0.5, 0.6) is 0 Å². The van der Waals surface area contributed by atoms with Crippen LogP contribution in [0.4, 0.5) is 5.69 Å². The molecule has 98 valence electrons. The molecule has 0 fully saturated rings. The summed E-state index contributed by atoms with van der Waals surface area (Å²) in [6.45, 7) is 1.66. The molecular weight excluding hydrogens is 256 g/mol. The largest absolute Gasteiger partial charge is 0.395 e. The number of nitrogens with zero attached hydrogens (tertiary/aromatic N) is 1. The number of rotatable bonds is 5. The number of nitro benzene ring substituents is 1. The Morgan fingerprint density at radius 3 is 2.78 bits per heavy atom. The van der Waals surface area contributed by atoms with Crippen LogP contribution in [-0.2, 0) is 0 Å². The van der Waals surface area contributed by atoms with Gasteiger partial charge in [0.15, 0.2) is 0 Å². The molecule has 7 heteroatoms. The number of nitro groups is 1. The normalized spacial score (nSPS) is 11.9. The van der Waals surface area contributed by atoms with Crippen molar-refractivity contribution in [2.24, 2.45) is 0 Å². The van der Waals surface area contributed by atoms with Gasteiger partial charge < -0.3 is 10.4 Å². The van der Waals surface area contributed by atoms with E-state index in [-0.39, 0.29) is 23.5 Å². The third-order valence-corrected chi connectivity index (χ3v) is 3.36. The number of benzene rings is 1. The summed E-state index contributed by atoms with van der Waals surface area (Å²) < 4.78 is 0. The Balaban J connectivity index is 3.15. The van der Waals surface area contributed by atoms with Crippen LogP contribution < -0.4 is 5.32 Å². The lowest BCUT2D eigenvalue weighted by atomic mass is 10.2. The van der Waals surface area contributed by atoms with Crippen LogP contribution in [0.1, 0.15) is 17.3 Å². The van der Waals surface area contributed by atoms with Gasteiger partial charge in [-0.25, -0.2) is 0 Å². The Bertz CT molecular complexity index is 464. The smallest absolute Gasteiger partial charge is 0.282 e. The zero-order chi connectivity index (χ0) is 13.7. The SMILES string of the molecule is CNC(=O)c1ccc([N+](=O)[O-])c(SC(C)CO)c1. The summed E-state index contributed by atoms with van der Waals surface area (Å²) in [6.07, 6.45) is 0. The monoisotopic (exact) mass is 270 g/mol. The molecule has 1 unspecified atom stereocenters. The van der Waals surface area contributed by atoms with Gasteiger partial charge in [-0.15, -0.1) is 11.8 Å². The predicted octanol–water partition coefficient (Wildman–Crippen LogP) is 1.43. The molecule has 0 radical (unpaired) electrons. The van der Waals surface area contributed by atoms with E-state index in [1.54, 1.807) is 6.92 Å². The standard InChI is InChI=1S/C11H14N2O4S/c1-7(6-14)18-10-5-8(11(15)12-2)3-4-9(10)13(16)17/h3-5,7,14H,6H2,1-2H3,(H,12,15). The molecule has 0 bridgehead atoms. The third-order valence-electron chi connectivity index (χ3n) is 2.23. The number of amides is 1. The molecule has 0 aliphatic rings. The fourth-order valence-electron chi connectivity index (χ4n) is 1.30. The van der Waals surface area contributed by atoms with Crippen LogP contribution in [0.3, 0.4) is 0 Å². The molecule has 2 N–H and O–H groups in total. The highest BCUT2D eigenvalue weighted by atomic mass is 32.2.